The molecule has 5 nitrogen and oxygen atoms in total. The minimum atomic E-state index is -0.226. The topological polar surface area (TPSA) is 34.2 Å². The highest BCUT2D eigenvalue weighted by Gasteiger charge is 2.21. The first-order valence-corrected chi connectivity index (χ1v) is 11.5. The van der Waals surface area contributed by atoms with Crippen LogP contribution in [0.5, 0.6) is 17.2 Å². The van der Waals surface area contributed by atoms with Crippen LogP contribution in [0.25, 0.3) is 0 Å². The van der Waals surface area contributed by atoms with Gasteiger partial charge < -0.3 is 19.1 Å². The second kappa shape index (κ2) is 10.2. The molecular weight excluding hydrogens is 419 g/mol. The first-order chi connectivity index (χ1) is 16.2. The Balaban J connectivity index is 1.14. The molecule has 3 aromatic carbocycles. The minimum Gasteiger partial charge on any atom is -0.486 e. The zero-order valence-corrected chi connectivity index (χ0v) is 18.7. The van der Waals surface area contributed by atoms with Crippen LogP contribution in [0.3, 0.4) is 0 Å². The van der Waals surface area contributed by atoms with Crippen molar-refractivity contribution < 1.29 is 18.6 Å². The van der Waals surface area contributed by atoms with Crippen LogP contribution in [0, 0.1) is 5.82 Å². The lowest BCUT2D eigenvalue weighted by Gasteiger charge is -2.35. The summed E-state index contributed by atoms with van der Waals surface area (Å²) in [5, 5.41) is 0. The third-order valence-corrected chi connectivity index (χ3v) is 6.28. The summed E-state index contributed by atoms with van der Waals surface area (Å²) >= 11 is 0. The molecule has 0 bridgehead atoms. The normalized spacial score (nSPS) is 17.1. The molecule has 0 amide bonds. The average molecular weight is 449 g/mol. The number of piperazine rings is 1. The van der Waals surface area contributed by atoms with Gasteiger partial charge in [0.25, 0.3) is 0 Å². The Kier molecular flexibility index (Phi) is 6.74. The van der Waals surface area contributed by atoms with Crippen LogP contribution < -0.4 is 14.2 Å². The van der Waals surface area contributed by atoms with Gasteiger partial charge >= 0.3 is 0 Å². The number of nitrogens with zero attached hydrogens (tertiary/aromatic N) is 2. The Hall–Kier alpha value is -3.09. The summed E-state index contributed by atoms with van der Waals surface area (Å²) in [5.74, 6) is 2.28. The molecule has 1 fully saturated rings. The van der Waals surface area contributed by atoms with Gasteiger partial charge in [-0.25, -0.2) is 4.39 Å². The quantitative estimate of drug-likeness (QED) is 0.491. The molecule has 0 aromatic heterocycles. The molecule has 33 heavy (non-hydrogen) atoms. The van der Waals surface area contributed by atoms with Gasteiger partial charge in [-0.15, -0.1) is 0 Å². The van der Waals surface area contributed by atoms with Crippen LogP contribution in [-0.4, -0.2) is 49.3 Å². The minimum absolute atomic E-state index is 0.111. The van der Waals surface area contributed by atoms with Crippen molar-refractivity contribution in [1.82, 2.24) is 9.80 Å². The van der Waals surface area contributed by atoms with Crippen molar-refractivity contribution in [2.24, 2.45) is 0 Å². The molecule has 5 rings (SSSR count). The summed E-state index contributed by atoms with van der Waals surface area (Å²) in [6.07, 6.45) is 0.738. The molecule has 0 N–H and O–H groups in total. The van der Waals surface area contributed by atoms with Crippen LogP contribution in [0.15, 0.2) is 72.8 Å². The Morgan fingerprint density at radius 3 is 2.33 bits per heavy atom. The lowest BCUT2D eigenvalue weighted by atomic mass is 10.1. The van der Waals surface area contributed by atoms with Crippen molar-refractivity contribution in [3.05, 3.63) is 89.7 Å². The van der Waals surface area contributed by atoms with Gasteiger partial charge in [-0.2, -0.15) is 0 Å². The Labute approximate surface area is 194 Å². The summed E-state index contributed by atoms with van der Waals surface area (Å²) in [7, 11) is 0. The monoisotopic (exact) mass is 448 g/mol. The molecular formula is C27H29FN2O3. The first kappa shape index (κ1) is 21.7. The standard InChI is InChI=1S/C27H29FN2O3/c28-23-9-7-22(8-10-23)25(33-24-4-2-1-3-5-24)12-13-29-14-16-30(17-15-29)19-21-6-11-26-27(18-21)32-20-31-26/h1-11,18,25H,12-17,19-20H2. The van der Waals surface area contributed by atoms with E-state index in [9.17, 15) is 4.39 Å². The number of rotatable bonds is 8. The van der Waals surface area contributed by atoms with E-state index in [2.05, 4.69) is 21.9 Å². The first-order valence-electron chi connectivity index (χ1n) is 11.5. The van der Waals surface area contributed by atoms with E-state index in [0.29, 0.717) is 6.79 Å². The Morgan fingerprint density at radius 2 is 1.55 bits per heavy atom. The van der Waals surface area contributed by atoms with Gasteiger partial charge in [0.05, 0.1) is 0 Å². The number of para-hydroxylation sites is 1. The lowest BCUT2D eigenvalue weighted by Crippen LogP contribution is -2.46. The zero-order chi connectivity index (χ0) is 22.5. The Morgan fingerprint density at radius 1 is 0.818 bits per heavy atom. The number of halogens is 1. The summed E-state index contributed by atoms with van der Waals surface area (Å²) in [4.78, 5) is 4.97. The van der Waals surface area contributed by atoms with Crippen LogP contribution in [0.2, 0.25) is 0 Å². The molecule has 6 heteroatoms. The fourth-order valence-electron chi connectivity index (χ4n) is 4.40. The SMILES string of the molecule is Fc1ccc(C(CCN2CCN(Cc3ccc4c(c3)OCO4)CC2)Oc2ccccc2)cc1. The molecule has 0 saturated carbocycles. The fourth-order valence-corrected chi connectivity index (χ4v) is 4.40. The molecule has 2 aliphatic rings. The largest absolute Gasteiger partial charge is 0.486 e. The van der Waals surface area contributed by atoms with Crippen molar-refractivity contribution in [2.45, 2.75) is 19.1 Å². The summed E-state index contributed by atoms with van der Waals surface area (Å²) in [6.45, 7) is 6.25. The van der Waals surface area contributed by atoms with Crippen LogP contribution in [0.1, 0.15) is 23.7 Å². The van der Waals surface area contributed by atoms with Gasteiger partial charge in [0.15, 0.2) is 11.5 Å². The average Bonchev–Trinajstić information content (AvgIpc) is 3.32. The van der Waals surface area contributed by atoms with E-state index >= 15 is 0 Å². The second-order valence-corrected chi connectivity index (χ2v) is 8.57. The van der Waals surface area contributed by atoms with E-state index in [1.54, 1.807) is 0 Å². The van der Waals surface area contributed by atoms with E-state index in [1.807, 2.05) is 48.5 Å². The van der Waals surface area contributed by atoms with Gasteiger partial charge in [-0.05, 0) is 47.5 Å². The molecule has 0 aliphatic carbocycles. The molecule has 3 aromatic rings. The van der Waals surface area contributed by atoms with Gasteiger partial charge in [-0.1, -0.05) is 36.4 Å². The number of hydrogen-bond acceptors (Lipinski definition) is 5. The Bertz CT molecular complexity index is 1040. The fraction of sp³-hybridized carbons (Fsp3) is 0.333. The van der Waals surface area contributed by atoms with Crippen molar-refractivity contribution in [2.75, 3.05) is 39.5 Å². The number of ether oxygens (including phenoxy) is 3. The molecule has 1 saturated heterocycles. The smallest absolute Gasteiger partial charge is 0.231 e. The van der Waals surface area contributed by atoms with Crippen LogP contribution in [-0.2, 0) is 6.54 Å². The van der Waals surface area contributed by atoms with Crippen LogP contribution >= 0.6 is 0 Å². The number of hydrogen-bond donors (Lipinski definition) is 0. The van der Waals surface area contributed by atoms with E-state index in [0.717, 1.165) is 68.5 Å². The third-order valence-electron chi connectivity index (χ3n) is 6.28. The molecule has 0 radical (unpaired) electrons. The predicted octanol–water partition coefficient (Wildman–Crippen LogP) is 4.88. The number of benzene rings is 3. The lowest BCUT2D eigenvalue weighted by molar-refractivity contribution is 0.107. The maximum Gasteiger partial charge on any atom is 0.231 e. The molecule has 1 atom stereocenters. The van der Waals surface area contributed by atoms with E-state index in [1.165, 1.54) is 17.7 Å². The van der Waals surface area contributed by atoms with Gasteiger partial charge in [0.1, 0.15) is 17.7 Å². The van der Waals surface area contributed by atoms with Crippen molar-refractivity contribution in [3.8, 4) is 17.2 Å². The highest BCUT2D eigenvalue weighted by atomic mass is 19.1. The van der Waals surface area contributed by atoms with Gasteiger partial charge in [0.2, 0.25) is 6.79 Å². The van der Waals surface area contributed by atoms with Crippen molar-refractivity contribution in [1.29, 1.82) is 0 Å². The molecule has 1 unspecified atom stereocenters. The highest BCUT2D eigenvalue weighted by molar-refractivity contribution is 5.44. The van der Waals surface area contributed by atoms with Gasteiger partial charge in [-0.3, -0.25) is 4.90 Å². The summed E-state index contributed by atoms with van der Waals surface area (Å²) in [5.41, 5.74) is 2.25. The molecule has 172 valence electrons. The van der Waals surface area contributed by atoms with E-state index < -0.39 is 0 Å². The second-order valence-electron chi connectivity index (χ2n) is 8.57. The summed E-state index contributed by atoms with van der Waals surface area (Å²) < 4.78 is 30.6. The van der Waals surface area contributed by atoms with Gasteiger partial charge in [0, 0.05) is 45.7 Å². The summed E-state index contributed by atoms with van der Waals surface area (Å²) in [6, 6.07) is 22.7. The molecule has 2 aliphatic heterocycles. The number of fused-ring (bicyclic) bond motifs is 1. The third kappa shape index (κ3) is 5.64. The van der Waals surface area contributed by atoms with Crippen LogP contribution in [0.4, 0.5) is 4.39 Å². The maximum atomic E-state index is 13.4. The van der Waals surface area contributed by atoms with E-state index in [4.69, 9.17) is 14.2 Å². The zero-order valence-electron chi connectivity index (χ0n) is 18.7. The molecule has 2 heterocycles. The molecule has 0 spiro atoms. The van der Waals surface area contributed by atoms with Crippen molar-refractivity contribution in [3.63, 3.8) is 0 Å². The van der Waals surface area contributed by atoms with E-state index in [-0.39, 0.29) is 11.9 Å². The van der Waals surface area contributed by atoms with Crippen molar-refractivity contribution >= 4 is 0 Å². The maximum absolute atomic E-state index is 13.4. The highest BCUT2D eigenvalue weighted by Crippen LogP contribution is 2.33. The predicted molar refractivity (Wildman–Crippen MR) is 125 cm³/mol.